The van der Waals surface area contributed by atoms with Crippen LogP contribution in [-0.4, -0.2) is 29.1 Å². The zero-order valence-corrected chi connectivity index (χ0v) is 23.4. The quantitative estimate of drug-likeness (QED) is 0.211. The fourth-order valence-electron chi connectivity index (χ4n) is 6.69. The Morgan fingerprint density at radius 2 is 0.750 bits per heavy atom. The molecule has 0 spiro atoms. The van der Waals surface area contributed by atoms with Gasteiger partial charge in [0.05, 0.1) is 56.9 Å². The molecule has 0 fully saturated rings. The Labute approximate surface area is 250 Å². The van der Waals surface area contributed by atoms with Crippen molar-refractivity contribution in [3.8, 4) is 11.4 Å². The predicted molar refractivity (Wildman–Crippen MR) is 179 cm³/mol. The predicted octanol–water partition coefficient (Wildman–Crippen LogP) is 8.92. The van der Waals surface area contributed by atoms with Gasteiger partial charge in [-0.25, -0.2) is 9.97 Å². The number of pyridine rings is 4. The van der Waals surface area contributed by atoms with E-state index in [9.17, 15) is 0 Å². The van der Waals surface area contributed by atoms with Crippen molar-refractivity contribution in [3.05, 3.63) is 134 Å². The van der Waals surface area contributed by atoms with Gasteiger partial charge < -0.3 is 0 Å². The topological polar surface area (TPSA) is 61.4 Å². The zero-order chi connectivity index (χ0) is 28.8. The maximum atomic E-state index is 5.28. The molecule has 0 bridgehead atoms. The van der Waals surface area contributed by atoms with Gasteiger partial charge in [0.1, 0.15) is 11.3 Å². The van der Waals surface area contributed by atoms with E-state index in [4.69, 9.17) is 19.9 Å². The van der Waals surface area contributed by atoms with Gasteiger partial charge in [-0.05, 0) is 48.5 Å². The summed E-state index contributed by atoms with van der Waals surface area (Å²) >= 11 is 0. The first-order chi connectivity index (χ1) is 21.8. The minimum absolute atomic E-state index is 0.878. The Morgan fingerprint density at radius 1 is 0.386 bits per heavy atom. The van der Waals surface area contributed by atoms with Crippen molar-refractivity contribution in [2.45, 2.75) is 0 Å². The van der Waals surface area contributed by atoms with Gasteiger partial charge in [-0.3, -0.25) is 19.1 Å². The van der Waals surface area contributed by atoms with Crippen LogP contribution in [0.1, 0.15) is 0 Å². The summed E-state index contributed by atoms with van der Waals surface area (Å²) in [5.41, 5.74) is 9.56. The smallest absolute Gasteiger partial charge is 0.147 e. The summed E-state index contributed by atoms with van der Waals surface area (Å²) < 4.78 is 4.53. The Balaban J connectivity index is 1.45. The van der Waals surface area contributed by atoms with Crippen LogP contribution in [0.5, 0.6) is 0 Å². The summed E-state index contributed by atoms with van der Waals surface area (Å²) in [7, 11) is 0. The molecule has 0 amide bonds. The highest BCUT2D eigenvalue weighted by molar-refractivity contribution is 6.21. The van der Waals surface area contributed by atoms with E-state index < -0.39 is 0 Å². The third-order valence-corrected chi connectivity index (χ3v) is 8.68. The summed E-state index contributed by atoms with van der Waals surface area (Å²) in [6.45, 7) is 0. The van der Waals surface area contributed by atoms with Gasteiger partial charge in [0.15, 0.2) is 0 Å². The molecule has 44 heavy (non-hydrogen) atoms. The molecule has 0 saturated heterocycles. The Bertz CT molecular complexity index is 2600. The highest BCUT2D eigenvalue weighted by atomic mass is 15.1. The average Bonchev–Trinajstić information content (AvgIpc) is 3.57. The van der Waals surface area contributed by atoms with E-state index in [1.807, 2.05) is 48.8 Å². The van der Waals surface area contributed by atoms with Crippen molar-refractivity contribution < 1.29 is 0 Å². The van der Waals surface area contributed by atoms with Gasteiger partial charge in [-0.2, -0.15) is 0 Å². The Hall–Kier alpha value is -6.14. The van der Waals surface area contributed by atoms with Crippen molar-refractivity contribution in [3.63, 3.8) is 0 Å². The zero-order valence-electron chi connectivity index (χ0n) is 23.4. The molecule has 0 radical (unpaired) electrons. The molecule has 204 valence electrons. The summed E-state index contributed by atoms with van der Waals surface area (Å²) in [4.78, 5) is 20.3. The summed E-state index contributed by atoms with van der Waals surface area (Å²) in [6.07, 6.45) is 3.90. The summed E-state index contributed by atoms with van der Waals surface area (Å²) in [6, 6.07) is 42.0. The number of fused-ring (bicyclic) bond motifs is 9. The molecule has 0 aliphatic rings. The second kappa shape index (κ2) is 8.69. The van der Waals surface area contributed by atoms with Crippen molar-refractivity contribution in [2.24, 2.45) is 0 Å². The monoisotopic (exact) mass is 562 g/mol. The van der Waals surface area contributed by atoms with Crippen molar-refractivity contribution in [1.29, 1.82) is 0 Å². The molecular formula is C38H22N6. The van der Waals surface area contributed by atoms with E-state index >= 15 is 0 Å². The SMILES string of the molecule is c1ccc2ncc(-n3c4nc5ccccc5cc4c4c3c3cc5ccccc5nc3n4-c3cnc4ccccc4c3)cc2c1. The van der Waals surface area contributed by atoms with Crippen LogP contribution in [0.3, 0.4) is 0 Å². The number of hydrogen-bond donors (Lipinski definition) is 0. The lowest BCUT2D eigenvalue weighted by atomic mass is 10.1. The van der Waals surface area contributed by atoms with Crippen molar-refractivity contribution in [2.75, 3.05) is 0 Å². The highest BCUT2D eigenvalue weighted by Gasteiger charge is 2.25. The maximum Gasteiger partial charge on any atom is 0.147 e. The van der Waals surface area contributed by atoms with Crippen LogP contribution in [0.4, 0.5) is 0 Å². The number of para-hydroxylation sites is 4. The van der Waals surface area contributed by atoms with Crippen LogP contribution < -0.4 is 0 Å². The molecule has 6 heteroatoms. The molecule has 0 unspecified atom stereocenters. The first-order valence-electron chi connectivity index (χ1n) is 14.6. The van der Waals surface area contributed by atoms with Gasteiger partial charge in [0.2, 0.25) is 0 Å². The van der Waals surface area contributed by atoms with Crippen LogP contribution >= 0.6 is 0 Å². The van der Waals surface area contributed by atoms with Gasteiger partial charge in [-0.1, -0.05) is 72.8 Å². The van der Waals surface area contributed by atoms with E-state index in [1.54, 1.807) is 0 Å². The fraction of sp³-hybridized carbons (Fsp3) is 0. The van der Waals surface area contributed by atoms with E-state index in [2.05, 4.69) is 94.1 Å². The number of benzene rings is 4. The normalized spacial score (nSPS) is 12.1. The third kappa shape index (κ3) is 3.25. The molecule has 6 heterocycles. The minimum Gasteiger partial charge on any atom is -0.290 e. The minimum atomic E-state index is 0.878. The van der Waals surface area contributed by atoms with Crippen LogP contribution in [0.25, 0.3) is 88.1 Å². The second-order valence-corrected chi connectivity index (χ2v) is 11.2. The first-order valence-corrected chi connectivity index (χ1v) is 14.6. The lowest BCUT2D eigenvalue weighted by Gasteiger charge is -2.10. The van der Waals surface area contributed by atoms with Gasteiger partial charge >= 0.3 is 0 Å². The number of nitrogens with zero attached hydrogens (tertiary/aromatic N) is 6. The van der Waals surface area contributed by atoms with Crippen molar-refractivity contribution in [1.82, 2.24) is 29.1 Å². The Morgan fingerprint density at radius 3 is 1.18 bits per heavy atom. The molecule has 10 rings (SSSR count). The first kappa shape index (κ1) is 23.4. The van der Waals surface area contributed by atoms with E-state index in [-0.39, 0.29) is 0 Å². The molecule has 0 aliphatic carbocycles. The van der Waals surface area contributed by atoms with E-state index in [0.717, 1.165) is 88.1 Å². The summed E-state index contributed by atoms with van der Waals surface area (Å²) in [5.74, 6) is 0. The van der Waals surface area contributed by atoms with Gasteiger partial charge in [0, 0.05) is 32.3 Å². The maximum absolute atomic E-state index is 5.28. The summed E-state index contributed by atoms with van der Waals surface area (Å²) in [5, 5.41) is 6.41. The molecule has 0 N–H and O–H groups in total. The molecule has 6 aromatic heterocycles. The molecule has 6 nitrogen and oxygen atoms in total. The molecular weight excluding hydrogens is 540 g/mol. The molecule has 0 aliphatic heterocycles. The molecule has 10 aromatic rings. The van der Waals surface area contributed by atoms with Crippen LogP contribution in [0, 0.1) is 0 Å². The van der Waals surface area contributed by atoms with Gasteiger partial charge in [-0.15, -0.1) is 0 Å². The standard InChI is InChI=1S/C38H22N6/c1-5-13-31-23(9-1)17-27(21-39-31)43-35-29-19-25-11-4-8-16-34(25)42-38(29)44(28-18-24-10-2-6-14-32(24)40-22-28)36(35)30-20-26-12-3-7-15-33(26)41-37(30)43/h1-22H. The third-order valence-electron chi connectivity index (χ3n) is 8.68. The number of hydrogen-bond acceptors (Lipinski definition) is 4. The molecule has 4 aromatic carbocycles. The van der Waals surface area contributed by atoms with Gasteiger partial charge in [0.25, 0.3) is 0 Å². The van der Waals surface area contributed by atoms with Crippen molar-refractivity contribution >= 4 is 76.7 Å². The lowest BCUT2D eigenvalue weighted by Crippen LogP contribution is -1.98. The van der Waals surface area contributed by atoms with Crippen LogP contribution in [0.15, 0.2) is 134 Å². The largest absolute Gasteiger partial charge is 0.290 e. The lowest BCUT2D eigenvalue weighted by molar-refractivity contribution is 1.13. The highest BCUT2D eigenvalue weighted by Crippen LogP contribution is 2.41. The number of rotatable bonds is 2. The van der Waals surface area contributed by atoms with E-state index in [1.165, 1.54) is 0 Å². The average molecular weight is 563 g/mol. The second-order valence-electron chi connectivity index (χ2n) is 11.2. The molecule has 0 saturated carbocycles. The van der Waals surface area contributed by atoms with E-state index in [0.29, 0.717) is 0 Å². The Kier molecular flexibility index (Phi) is 4.63. The fourth-order valence-corrected chi connectivity index (χ4v) is 6.69. The van der Waals surface area contributed by atoms with Crippen LogP contribution in [0.2, 0.25) is 0 Å². The molecule has 0 atom stereocenters. The number of aromatic nitrogens is 6. The van der Waals surface area contributed by atoms with Crippen LogP contribution in [-0.2, 0) is 0 Å².